The van der Waals surface area contributed by atoms with E-state index in [9.17, 15) is 9.59 Å². The van der Waals surface area contributed by atoms with E-state index in [1.807, 2.05) is 18.2 Å². The number of anilines is 1. The number of benzene rings is 2. The normalized spacial score (nSPS) is 14.1. The number of para-hydroxylation sites is 1. The van der Waals surface area contributed by atoms with Crippen molar-refractivity contribution in [3.63, 3.8) is 0 Å². The van der Waals surface area contributed by atoms with Crippen molar-refractivity contribution in [2.75, 3.05) is 11.9 Å². The quantitative estimate of drug-likeness (QED) is 0.700. The maximum absolute atomic E-state index is 12.9. The van der Waals surface area contributed by atoms with E-state index in [1.54, 1.807) is 42.3 Å². The summed E-state index contributed by atoms with van der Waals surface area (Å²) in [5.41, 5.74) is 1.49. The number of rotatable bonds is 4. The number of nitrogens with one attached hydrogen (secondary N) is 2. The van der Waals surface area contributed by atoms with Gasteiger partial charge in [0.05, 0.1) is 21.8 Å². The Bertz CT molecular complexity index is 912. The molecule has 0 spiro atoms. The van der Waals surface area contributed by atoms with Crippen molar-refractivity contribution in [2.45, 2.75) is 38.1 Å². The van der Waals surface area contributed by atoms with Crippen LogP contribution in [0.3, 0.4) is 0 Å². The monoisotopic (exact) mass is 429 g/mol. The van der Waals surface area contributed by atoms with Crippen LogP contribution in [0.4, 0.5) is 5.69 Å². The minimum absolute atomic E-state index is 0.125. The molecule has 2 aromatic rings. The number of halogens is 1. The maximum Gasteiger partial charge on any atom is 0.258 e. The van der Waals surface area contributed by atoms with Crippen molar-refractivity contribution in [1.29, 1.82) is 0 Å². The van der Waals surface area contributed by atoms with Crippen molar-refractivity contribution in [2.24, 2.45) is 0 Å². The average molecular weight is 430 g/mol. The summed E-state index contributed by atoms with van der Waals surface area (Å²) in [5, 5.41) is 6.35. The molecule has 7 heteroatoms. The van der Waals surface area contributed by atoms with Crippen LogP contribution in [0.25, 0.3) is 0 Å². The Kier molecular flexibility index (Phi) is 7.23. The number of nitrogens with zero attached hydrogens (tertiary/aromatic N) is 1. The number of carbonyl (C=O) groups excluding carboxylic acids is 2. The van der Waals surface area contributed by atoms with Crippen LogP contribution in [-0.2, 0) is 0 Å². The lowest BCUT2D eigenvalue weighted by Gasteiger charge is -2.26. The minimum atomic E-state index is -0.392. The Labute approximate surface area is 181 Å². The van der Waals surface area contributed by atoms with E-state index in [4.69, 9.17) is 23.8 Å². The van der Waals surface area contributed by atoms with Crippen LogP contribution in [0.2, 0.25) is 5.02 Å². The maximum atomic E-state index is 12.9. The van der Waals surface area contributed by atoms with Gasteiger partial charge in [0.1, 0.15) is 0 Å². The Morgan fingerprint density at radius 1 is 0.966 bits per heavy atom. The lowest BCUT2D eigenvalue weighted by Crippen LogP contribution is -2.42. The van der Waals surface area contributed by atoms with E-state index in [1.165, 1.54) is 6.42 Å². The molecule has 1 aliphatic carbocycles. The standard InChI is InChI=1S/C22H24ClN3O2S/c1-26(22(29)25-20(27)16-11-5-7-13-18(16)23)19-14-8-6-12-17(19)21(28)24-15-9-3-2-4-10-15/h5-8,11-15H,2-4,9-10H2,1H3,(H,24,28)(H,25,27,29). The first-order valence-corrected chi connectivity index (χ1v) is 10.5. The van der Waals surface area contributed by atoms with Gasteiger partial charge in [-0.1, -0.05) is 55.1 Å². The van der Waals surface area contributed by atoms with Gasteiger partial charge in [0, 0.05) is 13.1 Å². The summed E-state index contributed by atoms with van der Waals surface area (Å²) in [5.74, 6) is -0.517. The van der Waals surface area contributed by atoms with Gasteiger partial charge in [-0.25, -0.2) is 0 Å². The van der Waals surface area contributed by atoms with Crippen LogP contribution >= 0.6 is 23.8 Å². The zero-order chi connectivity index (χ0) is 20.8. The molecule has 3 rings (SSSR count). The molecule has 1 saturated carbocycles. The van der Waals surface area contributed by atoms with Gasteiger partial charge in [0.25, 0.3) is 11.8 Å². The predicted octanol–water partition coefficient (Wildman–Crippen LogP) is 4.55. The van der Waals surface area contributed by atoms with Crippen molar-refractivity contribution in [3.05, 3.63) is 64.7 Å². The fourth-order valence-corrected chi connectivity index (χ4v) is 3.88. The molecule has 152 valence electrons. The summed E-state index contributed by atoms with van der Waals surface area (Å²) in [4.78, 5) is 27.0. The smallest absolute Gasteiger partial charge is 0.258 e. The van der Waals surface area contributed by atoms with Gasteiger partial charge >= 0.3 is 0 Å². The summed E-state index contributed by atoms with van der Waals surface area (Å²) < 4.78 is 0. The molecular weight excluding hydrogens is 406 g/mol. The van der Waals surface area contributed by atoms with Crippen LogP contribution in [0.15, 0.2) is 48.5 Å². The average Bonchev–Trinajstić information content (AvgIpc) is 2.74. The molecule has 0 bridgehead atoms. The lowest BCUT2D eigenvalue weighted by molar-refractivity contribution is 0.0927. The summed E-state index contributed by atoms with van der Waals surface area (Å²) in [7, 11) is 1.72. The molecule has 5 nitrogen and oxygen atoms in total. The zero-order valence-electron chi connectivity index (χ0n) is 16.3. The van der Waals surface area contributed by atoms with Crippen molar-refractivity contribution in [3.8, 4) is 0 Å². The first kappa shape index (κ1) is 21.3. The molecule has 0 saturated heterocycles. The number of thiocarbonyl (C=S) groups is 1. The number of amides is 2. The molecule has 0 radical (unpaired) electrons. The molecule has 29 heavy (non-hydrogen) atoms. The van der Waals surface area contributed by atoms with Crippen LogP contribution in [-0.4, -0.2) is 30.0 Å². The second-order valence-corrected chi connectivity index (χ2v) is 7.92. The number of hydrogen-bond donors (Lipinski definition) is 2. The molecule has 0 atom stereocenters. The second-order valence-electron chi connectivity index (χ2n) is 7.12. The van der Waals surface area contributed by atoms with E-state index >= 15 is 0 Å². The highest BCUT2D eigenvalue weighted by atomic mass is 35.5. The topological polar surface area (TPSA) is 61.4 Å². The van der Waals surface area contributed by atoms with Gasteiger partial charge in [-0.3, -0.25) is 14.9 Å². The highest BCUT2D eigenvalue weighted by molar-refractivity contribution is 7.80. The molecule has 1 fully saturated rings. The Morgan fingerprint density at radius 3 is 2.28 bits per heavy atom. The van der Waals surface area contributed by atoms with Gasteiger partial charge in [-0.2, -0.15) is 0 Å². The summed E-state index contributed by atoms with van der Waals surface area (Å²) >= 11 is 11.5. The molecule has 0 unspecified atom stereocenters. The van der Waals surface area contributed by atoms with Crippen LogP contribution in [0.1, 0.15) is 52.8 Å². The number of carbonyl (C=O) groups is 2. The van der Waals surface area contributed by atoms with E-state index in [0.717, 1.165) is 25.7 Å². The van der Waals surface area contributed by atoms with Crippen LogP contribution in [0.5, 0.6) is 0 Å². The van der Waals surface area contributed by atoms with E-state index in [2.05, 4.69) is 10.6 Å². The molecule has 2 amide bonds. The minimum Gasteiger partial charge on any atom is -0.349 e. The Morgan fingerprint density at radius 2 is 1.59 bits per heavy atom. The van der Waals surface area contributed by atoms with Gasteiger partial charge in [0.2, 0.25) is 0 Å². The fourth-order valence-electron chi connectivity index (χ4n) is 3.47. The molecule has 0 heterocycles. The zero-order valence-corrected chi connectivity index (χ0v) is 17.9. The van der Waals surface area contributed by atoms with E-state index in [-0.39, 0.29) is 17.1 Å². The molecule has 0 aromatic heterocycles. The summed E-state index contributed by atoms with van der Waals surface area (Å²) in [6.07, 6.45) is 5.53. The number of hydrogen-bond acceptors (Lipinski definition) is 3. The molecule has 0 aliphatic heterocycles. The Balaban J connectivity index is 1.72. The third-order valence-electron chi connectivity index (χ3n) is 5.09. The van der Waals surface area contributed by atoms with Crippen molar-refractivity contribution < 1.29 is 9.59 Å². The van der Waals surface area contributed by atoms with Crippen LogP contribution in [0, 0.1) is 0 Å². The van der Waals surface area contributed by atoms with Crippen molar-refractivity contribution >= 4 is 46.4 Å². The van der Waals surface area contributed by atoms with Gasteiger partial charge < -0.3 is 10.2 Å². The molecule has 1 aliphatic rings. The fraction of sp³-hybridized carbons (Fsp3) is 0.318. The SMILES string of the molecule is CN(C(=S)NC(=O)c1ccccc1Cl)c1ccccc1C(=O)NC1CCCCC1. The third-order valence-corrected chi connectivity index (χ3v) is 5.80. The van der Waals surface area contributed by atoms with Gasteiger partial charge in [-0.15, -0.1) is 0 Å². The van der Waals surface area contributed by atoms with Crippen LogP contribution < -0.4 is 15.5 Å². The first-order chi connectivity index (χ1) is 14.0. The largest absolute Gasteiger partial charge is 0.349 e. The second kappa shape index (κ2) is 9.85. The highest BCUT2D eigenvalue weighted by Crippen LogP contribution is 2.22. The molecule has 2 N–H and O–H groups in total. The van der Waals surface area contributed by atoms with Gasteiger partial charge in [-0.05, 0) is 49.3 Å². The third kappa shape index (κ3) is 5.34. The first-order valence-electron chi connectivity index (χ1n) is 9.71. The summed E-state index contributed by atoms with van der Waals surface area (Å²) in [6, 6.07) is 14.2. The van der Waals surface area contributed by atoms with E-state index in [0.29, 0.717) is 21.8 Å². The lowest BCUT2D eigenvalue weighted by atomic mass is 9.95. The summed E-state index contributed by atoms with van der Waals surface area (Å²) in [6.45, 7) is 0. The highest BCUT2D eigenvalue weighted by Gasteiger charge is 2.21. The van der Waals surface area contributed by atoms with Gasteiger partial charge in [0.15, 0.2) is 5.11 Å². The predicted molar refractivity (Wildman–Crippen MR) is 121 cm³/mol. The van der Waals surface area contributed by atoms with E-state index < -0.39 is 5.91 Å². The Hall–Kier alpha value is -2.44. The molecule has 2 aromatic carbocycles. The molecular formula is C22H24ClN3O2S. The van der Waals surface area contributed by atoms with Crippen molar-refractivity contribution in [1.82, 2.24) is 10.6 Å².